The molecule has 0 aromatic heterocycles. The lowest BCUT2D eigenvalue weighted by Crippen LogP contribution is -2.22. The van der Waals surface area contributed by atoms with Crippen LogP contribution in [0.15, 0.2) is 18.2 Å². The lowest BCUT2D eigenvalue weighted by Gasteiger charge is -2.15. The molecule has 0 amide bonds. The Balaban J connectivity index is 1.91. The Morgan fingerprint density at radius 2 is 2.37 bits per heavy atom. The van der Waals surface area contributed by atoms with Gasteiger partial charge in [-0.05, 0) is 43.6 Å². The van der Waals surface area contributed by atoms with E-state index in [1.807, 2.05) is 0 Å². The van der Waals surface area contributed by atoms with Crippen molar-refractivity contribution in [2.75, 3.05) is 31.5 Å². The van der Waals surface area contributed by atoms with Crippen molar-refractivity contribution in [1.82, 2.24) is 4.90 Å². The average molecular weight is 266 g/mol. The maximum atomic E-state index is 13.7. The van der Waals surface area contributed by atoms with Gasteiger partial charge in [0.15, 0.2) is 0 Å². The van der Waals surface area contributed by atoms with Gasteiger partial charge in [-0.3, -0.25) is 0 Å². The first-order valence-corrected chi connectivity index (χ1v) is 6.59. The van der Waals surface area contributed by atoms with Crippen LogP contribution in [0, 0.1) is 11.7 Å². The molecule has 1 aliphatic rings. The van der Waals surface area contributed by atoms with Gasteiger partial charge in [-0.25, -0.2) is 9.18 Å². The fraction of sp³-hybridized carbons (Fsp3) is 0.500. The molecule has 1 unspecified atom stereocenters. The third kappa shape index (κ3) is 3.44. The van der Waals surface area contributed by atoms with E-state index in [9.17, 15) is 9.18 Å². The molecule has 19 heavy (non-hydrogen) atoms. The first-order valence-electron chi connectivity index (χ1n) is 6.59. The van der Waals surface area contributed by atoms with E-state index < -0.39 is 11.8 Å². The smallest absolute Gasteiger partial charge is 0.335 e. The van der Waals surface area contributed by atoms with Gasteiger partial charge in [0.1, 0.15) is 5.82 Å². The van der Waals surface area contributed by atoms with Crippen LogP contribution in [0.5, 0.6) is 0 Å². The van der Waals surface area contributed by atoms with Crippen LogP contribution in [-0.4, -0.2) is 42.2 Å². The van der Waals surface area contributed by atoms with Gasteiger partial charge in [-0.2, -0.15) is 0 Å². The Morgan fingerprint density at radius 3 is 2.95 bits per heavy atom. The first-order chi connectivity index (χ1) is 9.10. The zero-order valence-electron chi connectivity index (χ0n) is 11.0. The lowest BCUT2D eigenvalue weighted by molar-refractivity contribution is 0.0696. The van der Waals surface area contributed by atoms with E-state index in [1.54, 1.807) is 0 Å². The molecule has 5 heteroatoms. The quantitative estimate of drug-likeness (QED) is 0.858. The van der Waals surface area contributed by atoms with Crippen molar-refractivity contribution in [1.29, 1.82) is 0 Å². The highest BCUT2D eigenvalue weighted by atomic mass is 19.1. The molecule has 0 saturated carbocycles. The Bertz CT molecular complexity index is 465. The minimum atomic E-state index is -1.11. The minimum Gasteiger partial charge on any atom is -0.478 e. The van der Waals surface area contributed by atoms with Gasteiger partial charge in [-0.1, -0.05) is 6.92 Å². The van der Waals surface area contributed by atoms with Crippen molar-refractivity contribution >= 4 is 11.7 Å². The highest BCUT2D eigenvalue weighted by molar-refractivity contribution is 5.88. The second-order valence-corrected chi connectivity index (χ2v) is 4.93. The van der Waals surface area contributed by atoms with Crippen LogP contribution in [0.1, 0.15) is 23.7 Å². The summed E-state index contributed by atoms with van der Waals surface area (Å²) in [4.78, 5) is 13.1. The molecule has 0 spiro atoms. The van der Waals surface area contributed by atoms with Crippen LogP contribution in [-0.2, 0) is 0 Å². The molecule has 0 aliphatic carbocycles. The maximum absolute atomic E-state index is 13.7. The average Bonchev–Trinajstić information content (AvgIpc) is 2.85. The SMILES string of the molecule is CCN1CCC(CNc2ccc(C(=O)O)cc2F)C1. The number of carboxylic acids is 1. The summed E-state index contributed by atoms with van der Waals surface area (Å²) in [7, 11) is 0. The molecule has 1 saturated heterocycles. The third-order valence-corrected chi connectivity index (χ3v) is 3.61. The molecule has 1 fully saturated rings. The van der Waals surface area contributed by atoms with Crippen molar-refractivity contribution in [3.63, 3.8) is 0 Å². The number of nitrogens with zero attached hydrogens (tertiary/aromatic N) is 1. The van der Waals surface area contributed by atoms with Gasteiger partial charge >= 0.3 is 5.97 Å². The molecule has 104 valence electrons. The van der Waals surface area contributed by atoms with Gasteiger partial charge in [-0.15, -0.1) is 0 Å². The number of carboxylic acid groups (broad SMARTS) is 1. The number of rotatable bonds is 5. The predicted molar refractivity (Wildman–Crippen MR) is 72.1 cm³/mol. The molecular weight excluding hydrogens is 247 g/mol. The largest absolute Gasteiger partial charge is 0.478 e. The summed E-state index contributed by atoms with van der Waals surface area (Å²) >= 11 is 0. The predicted octanol–water partition coefficient (Wildman–Crippen LogP) is 2.28. The molecule has 2 N–H and O–H groups in total. The molecule has 2 rings (SSSR count). The molecule has 0 radical (unpaired) electrons. The summed E-state index contributed by atoms with van der Waals surface area (Å²) in [5, 5.41) is 11.8. The topological polar surface area (TPSA) is 52.6 Å². The third-order valence-electron chi connectivity index (χ3n) is 3.61. The zero-order chi connectivity index (χ0) is 13.8. The number of carbonyl (C=O) groups is 1. The van der Waals surface area contributed by atoms with Crippen LogP contribution in [0.3, 0.4) is 0 Å². The van der Waals surface area contributed by atoms with E-state index in [0.29, 0.717) is 11.6 Å². The van der Waals surface area contributed by atoms with E-state index in [-0.39, 0.29) is 5.56 Å². The van der Waals surface area contributed by atoms with Crippen molar-refractivity contribution in [2.24, 2.45) is 5.92 Å². The summed E-state index contributed by atoms with van der Waals surface area (Å²) < 4.78 is 13.7. The Kier molecular flexibility index (Phi) is 4.37. The fourth-order valence-corrected chi connectivity index (χ4v) is 2.41. The fourth-order valence-electron chi connectivity index (χ4n) is 2.41. The van der Waals surface area contributed by atoms with Crippen LogP contribution in [0.4, 0.5) is 10.1 Å². The van der Waals surface area contributed by atoms with Crippen LogP contribution in [0.25, 0.3) is 0 Å². The van der Waals surface area contributed by atoms with E-state index in [0.717, 1.165) is 38.7 Å². The van der Waals surface area contributed by atoms with Crippen molar-refractivity contribution < 1.29 is 14.3 Å². The summed E-state index contributed by atoms with van der Waals surface area (Å²) in [5.41, 5.74) is 0.348. The maximum Gasteiger partial charge on any atom is 0.335 e. The van der Waals surface area contributed by atoms with Crippen LogP contribution >= 0.6 is 0 Å². The second kappa shape index (κ2) is 6.02. The number of nitrogens with one attached hydrogen (secondary N) is 1. The van der Waals surface area contributed by atoms with Gasteiger partial charge in [0.2, 0.25) is 0 Å². The normalized spacial score (nSPS) is 19.6. The number of likely N-dealkylation sites (tertiary alicyclic amines) is 1. The number of benzene rings is 1. The van der Waals surface area contributed by atoms with Crippen molar-refractivity contribution in [3.8, 4) is 0 Å². The van der Waals surface area contributed by atoms with Gasteiger partial charge in [0.05, 0.1) is 11.3 Å². The van der Waals surface area contributed by atoms with Crippen LogP contribution in [0.2, 0.25) is 0 Å². The van der Waals surface area contributed by atoms with Crippen molar-refractivity contribution in [3.05, 3.63) is 29.6 Å². The summed E-state index contributed by atoms with van der Waals surface area (Å²) in [6, 6.07) is 3.96. The van der Waals surface area contributed by atoms with E-state index >= 15 is 0 Å². The summed E-state index contributed by atoms with van der Waals surface area (Å²) in [6.07, 6.45) is 1.12. The summed E-state index contributed by atoms with van der Waals surface area (Å²) in [5.74, 6) is -1.09. The van der Waals surface area contributed by atoms with E-state index in [2.05, 4.69) is 17.1 Å². The van der Waals surface area contributed by atoms with Crippen molar-refractivity contribution in [2.45, 2.75) is 13.3 Å². The Labute approximate surface area is 112 Å². The Hall–Kier alpha value is -1.62. The lowest BCUT2D eigenvalue weighted by atomic mass is 10.1. The highest BCUT2D eigenvalue weighted by Crippen LogP contribution is 2.19. The molecule has 1 heterocycles. The molecule has 1 atom stereocenters. The van der Waals surface area contributed by atoms with Crippen LogP contribution < -0.4 is 5.32 Å². The summed E-state index contributed by atoms with van der Waals surface area (Å²) in [6.45, 7) is 6.06. The molecular formula is C14H19FN2O2. The van der Waals surface area contributed by atoms with Gasteiger partial charge in [0, 0.05) is 13.1 Å². The number of aromatic carboxylic acids is 1. The second-order valence-electron chi connectivity index (χ2n) is 4.93. The first kappa shape index (κ1) is 13.8. The number of halogens is 1. The standard InChI is InChI=1S/C14H19FN2O2/c1-2-17-6-5-10(9-17)8-16-13-4-3-11(14(18)19)7-12(13)15/h3-4,7,10,16H,2,5-6,8-9H2,1H3,(H,18,19). The molecule has 1 aromatic rings. The monoisotopic (exact) mass is 266 g/mol. The highest BCUT2D eigenvalue weighted by Gasteiger charge is 2.21. The van der Waals surface area contributed by atoms with Gasteiger partial charge in [0.25, 0.3) is 0 Å². The molecule has 4 nitrogen and oxygen atoms in total. The van der Waals surface area contributed by atoms with E-state index in [1.165, 1.54) is 12.1 Å². The Morgan fingerprint density at radius 1 is 1.58 bits per heavy atom. The number of hydrogen-bond acceptors (Lipinski definition) is 3. The van der Waals surface area contributed by atoms with Gasteiger partial charge < -0.3 is 15.3 Å². The van der Waals surface area contributed by atoms with E-state index in [4.69, 9.17) is 5.11 Å². The molecule has 0 bridgehead atoms. The molecule has 1 aliphatic heterocycles. The number of hydrogen-bond donors (Lipinski definition) is 2. The zero-order valence-corrected chi connectivity index (χ0v) is 11.0. The number of anilines is 1. The molecule has 1 aromatic carbocycles. The minimum absolute atomic E-state index is 0.0268.